The van der Waals surface area contributed by atoms with Gasteiger partial charge in [-0.05, 0) is 76.0 Å². The number of rotatable bonds is 27. The zero-order valence-corrected chi connectivity index (χ0v) is 41.2. The number of nitrogens with zero attached hydrogens (tertiary/aromatic N) is 5. The molecular weight excluding hydrogens is 886 g/mol. The van der Waals surface area contributed by atoms with E-state index in [1.807, 2.05) is 4.90 Å². The van der Waals surface area contributed by atoms with E-state index in [1.54, 1.807) is 0 Å². The van der Waals surface area contributed by atoms with Crippen molar-refractivity contribution in [2.75, 3.05) is 70.4 Å². The summed E-state index contributed by atoms with van der Waals surface area (Å²) in [5, 5.41) is 0.106. The normalized spacial score (nSPS) is 17.7. The Bertz CT molecular complexity index is 2050. The summed E-state index contributed by atoms with van der Waals surface area (Å²) < 4.78 is 110. The molecular formula is C52H78F5N5O4S. The van der Waals surface area contributed by atoms with Gasteiger partial charge in [-0.2, -0.15) is 0 Å². The predicted molar refractivity (Wildman–Crippen MR) is 258 cm³/mol. The molecule has 9 nitrogen and oxygen atoms in total. The monoisotopic (exact) mass is 964 g/mol. The molecule has 0 N–H and O–H groups in total. The van der Waals surface area contributed by atoms with E-state index in [2.05, 4.69) is 38.3 Å². The van der Waals surface area contributed by atoms with E-state index < -0.39 is 43.4 Å². The van der Waals surface area contributed by atoms with Crippen molar-refractivity contribution in [3.05, 3.63) is 48.2 Å². The molecule has 0 saturated carbocycles. The summed E-state index contributed by atoms with van der Waals surface area (Å²) >= 11 is 0. The molecule has 376 valence electrons. The molecule has 3 aromatic rings. The first-order chi connectivity index (χ1) is 32.4. The fourth-order valence-electron chi connectivity index (χ4n) is 10.5. The lowest BCUT2D eigenvalue weighted by atomic mass is 9.99. The van der Waals surface area contributed by atoms with Crippen LogP contribution in [-0.4, -0.2) is 112 Å². The van der Waals surface area contributed by atoms with Crippen LogP contribution in [0.15, 0.2) is 46.3 Å². The summed E-state index contributed by atoms with van der Waals surface area (Å²) in [4.78, 5) is 12.4. The number of sulfone groups is 1. The molecule has 0 aliphatic carbocycles. The Hall–Kier alpha value is -3.27. The third kappa shape index (κ3) is 15.9. The number of halogens is 5. The SMILES string of the molecule is CCCCCCCCCCCCCCCCCCCCOc1cc(F)c(S(=O)(=O)c2cnc3ccc(OC(F)(F)F)cc3c2N2CCC(N3CCN(C4CCN(CC)CC4)CC3)CC2)cc1F. The zero-order chi connectivity index (χ0) is 47.7. The van der Waals surface area contributed by atoms with Crippen molar-refractivity contribution in [2.24, 2.45) is 0 Å². The number of likely N-dealkylation sites (tertiary alicyclic amines) is 1. The molecule has 3 saturated heterocycles. The third-order valence-corrected chi connectivity index (χ3v) is 16.3. The maximum Gasteiger partial charge on any atom is 0.573 e. The van der Waals surface area contributed by atoms with Gasteiger partial charge >= 0.3 is 6.36 Å². The van der Waals surface area contributed by atoms with Gasteiger partial charge in [-0.15, -0.1) is 13.2 Å². The Kier molecular flexibility index (Phi) is 21.1. The van der Waals surface area contributed by atoms with Gasteiger partial charge in [-0.1, -0.05) is 123 Å². The number of benzene rings is 2. The molecule has 1 aromatic heterocycles. The highest BCUT2D eigenvalue weighted by atomic mass is 32.2. The Morgan fingerprint density at radius 1 is 0.627 bits per heavy atom. The Morgan fingerprint density at radius 2 is 1.13 bits per heavy atom. The number of piperidine rings is 2. The molecule has 0 atom stereocenters. The van der Waals surface area contributed by atoms with Crippen LogP contribution in [0.2, 0.25) is 0 Å². The van der Waals surface area contributed by atoms with Crippen LogP contribution in [0.5, 0.6) is 11.5 Å². The summed E-state index contributed by atoms with van der Waals surface area (Å²) in [6.45, 7) is 12.6. The summed E-state index contributed by atoms with van der Waals surface area (Å²) in [5.41, 5.74) is 0.329. The molecule has 15 heteroatoms. The quantitative estimate of drug-likeness (QED) is 0.0548. The number of fused-ring (bicyclic) bond motifs is 1. The molecule has 3 aliphatic heterocycles. The van der Waals surface area contributed by atoms with Crippen molar-refractivity contribution in [3.8, 4) is 11.5 Å². The first-order valence-corrected chi connectivity index (χ1v) is 27.4. The van der Waals surface area contributed by atoms with Gasteiger partial charge in [-0.25, -0.2) is 17.2 Å². The van der Waals surface area contributed by atoms with Gasteiger partial charge < -0.3 is 19.3 Å². The number of hydrogen-bond acceptors (Lipinski definition) is 9. The van der Waals surface area contributed by atoms with Gasteiger partial charge in [0.2, 0.25) is 9.84 Å². The summed E-state index contributed by atoms with van der Waals surface area (Å²) in [6, 6.07) is 5.81. The second-order valence-electron chi connectivity index (χ2n) is 19.2. The number of unbranched alkanes of at least 4 members (excludes halogenated alkanes) is 17. The molecule has 6 rings (SSSR count). The molecule has 0 radical (unpaired) electrons. The van der Waals surface area contributed by atoms with Crippen molar-refractivity contribution < 1.29 is 39.8 Å². The van der Waals surface area contributed by atoms with Crippen LogP contribution < -0.4 is 14.4 Å². The number of piperazine rings is 1. The Balaban J connectivity index is 1.01. The first-order valence-electron chi connectivity index (χ1n) is 25.9. The number of pyridine rings is 1. The number of anilines is 1. The molecule has 3 aliphatic rings. The second kappa shape index (κ2) is 26.6. The van der Waals surface area contributed by atoms with E-state index in [1.165, 1.54) is 109 Å². The maximum absolute atomic E-state index is 15.9. The smallest absolute Gasteiger partial charge is 0.490 e. The molecule has 0 unspecified atom stereocenters. The summed E-state index contributed by atoms with van der Waals surface area (Å²) in [5.74, 6) is -3.13. The zero-order valence-electron chi connectivity index (χ0n) is 40.4. The van der Waals surface area contributed by atoms with Crippen molar-refractivity contribution in [1.29, 1.82) is 0 Å². The van der Waals surface area contributed by atoms with Gasteiger partial charge in [0, 0.05) is 69.0 Å². The predicted octanol–water partition coefficient (Wildman–Crippen LogP) is 12.7. The largest absolute Gasteiger partial charge is 0.573 e. The number of aromatic nitrogens is 1. The second-order valence-corrected chi connectivity index (χ2v) is 21.1. The van der Waals surface area contributed by atoms with Crippen LogP contribution in [0.1, 0.15) is 155 Å². The average molecular weight is 964 g/mol. The van der Waals surface area contributed by atoms with E-state index in [0.29, 0.717) is 44.5 Å². The van der Waals surface area contributed by atoms with Crippen LogP contribution in [-0.2, 0) is 9.84 Å². The van der Waals surface area contributed by atoms with Gasteiger partial charge in [0.25, 0.3) is 0 Å². The minimum Gasteiger partial charge on any atom is -0.490 e. The van der Waals surface area contributed by atoms with E-state index in [0.717, 1.165) is 89.5 Å². The lowest BCUT2D eigenvalue weighted by Gasteiger charge is -2.46. The van der Waals surface area contributed by atoms with E-state index >= 15 is 8.78 Å². The molecule has 3 fully saturated rings. The molecule has 2 aromatic carbocycles. The lowest BCUT2D eigenvalue weighted by molar-refractivity contribution is -0.274. The van der Waals surface area contributed by atoms with Crippen LogP contribution in [0.4, 0.5) is 27.6 Å². The standard InChI is InChI=1S/C52H78F5N5O4S/c1-3-5-6-7-8-9-10-11-12-13-14-15-16-17-18-19-20-21-36-65-48-38-46(54)49(39-45(48)53)67(63,64)50-40-58-47-23-22-43(66-52(55,56)57)37-44(47)51(50)62-30-26-42(27-31-62)61-34-32-60(33-35-61)41-24-28-59(4-2)29-25-41/h22-23,37-42H,3-21,24-36H2,1-2H3. The van der Waals surface area contributed by atoms with Crippen LogP contribution in [0.3, 0.4) is 0 Å². The molecule has 67 heavy (non-hydrogen) atoms. The van der Waals surface area contributed by atoms with Crippen molar-refractivity contribution in [1.82, 2.24) is 19.7 Å². The van der Waals surface area contributed by atoms with Gasteiger partial charge in [0.05, 0.1) is 17.8 Å². The van der Waals surface area contributed by atoms with E-state index in [-0.39, 0.29) is 35.0 Å². The Labute approximate surface area is 398 Å². The summed E-state index contributed by atoms with van der Waals surface area (Å²) in [6.07, 6.45) is 22.1. The Morgan fingerprint density at radius 3 is 1.64 bits per heavy atom. The number of hydrogen-bond donors (Lipinski definition) is 0. The minimum absolute atomic E-state index is 0.0912. The minimum atomic E-state index is -4.99. The highest BCUT2D eigenvalue weighted by Crippen LogP contribution is 2.41. The number of ether oxygens (including phenoxy) is 2. The molecule has 4 heterocycles. The van der Waals surface area contributed by atoms with Gasteiger partial charge in [0.15, 0.2) is 11.6 Å². The van der Waals surface area contributed by atoms with E-state index in [9.17, 15) is 21.6 Å². The van der Waals surface area contributed by atoms with Crippen molar-refractivity contribution in [3.63, 3.8) is 0 Å². The van der Waals surface area contributed by atoms with E-state index in [4.69, 9.17) is 4.74 Å². The lowest BCUT2D eigenvalue weighted by Crippen LogP contribution is -2.56. The highest BCUT2D eigenvalue weighted by Gasteiger charge is 2.36. The third-order valence-electron chi connectivity index (χ3n) is 14.5. The van der Waals surface area contributed by atoms with Crippen molar-refractivity contribution >= 4 is 26.4 Å². The van der Waals surface area contributed by atoms with Crippen LogP contribution in [0.25, 0.3) is 10.9 Å². The highest BCUT2D eigenvalue weighted by molar-refractivity contribution is 7.91. The molecule has 0 bridgehead atoms. The average Bonchev–Trinajstić information content (AvgIpc) is 3.32. The maximum atomic E-state index is 15.9. The fraction of sp³-hybridized carbons (Fsp3) is 0.712. The summed E-state index contributed by atoms with van der Waals surface area (Å²) in [7, 11) is -4.80. The van der Waals surface area contributed by atoms with Crippen LogP contribution >= 0.6 is 0 Å². The number of alkyl halides is 3. The first kappa shape index (κ1) is 53.1. The molecule has 0 spiro atoms. The van der Waals surface area contributed by atoms with Gasteiger partial charge in [0.1, 0.15) is 21.4 Å². The van der Waals surface area contributed by atoms with Crippen molar-refractivity contribution in [2.45, 2.75) is 183 Å². The fourth-order valence-corrected chi connectivity index (χ4v) is 12.0. The van der Waals surface area contributed by atoms with Gasteiger partial charge in [-0.3, -0.25) is 14.8 Å². The molecule has 0 amide bonds. The topological polar surface area (TPSA) is 78.4 Å². The van der Waals surface area contributed by atoms with Crippen LogP contribution in [0, 0.1) is 11.6 Å².